The fraction of sp³-hybridized carbons (Fsp3) is 0.391. The number of benzene rings is 1. The molecule has 2 aliphatic rings. The van der Waals surface area contributed by atoms with Crippen LogP contribution in [0.5, 0.6) is 5.75 Å². The Hall–Kier alpha value is -3.18. The van der Waals surface area contributed by atoms with Gasteiger partial charge in [-0.1, -0.05) is 17.4 Å². The van der Waals surface area contributed by atoms with Crippen molar-refractivity contribution in [2.45, 2.75) is 51.4 Å². The number of aromatic hydroxyl groups is 1. The molecule has 0 saturated carbocycles. The average molecular weight is 488 g/mol. The van der Waals surface area contributed by atoms with Gasteiger partial charge in [0.2, 0.25) is 11.8 Å². The van der Waals surface area contributed by atoms with Crippen molar-refractivity contribution >= 4 is 17.7 Å². The minimum atomic E-state index is -0.674. The Balaban J connectivity index is 1.54. The minimum absolute atomic E-state index is 0.103. The number of pyridine rings is 1. The summed E-state index contributed by atoms with van der Waals surface area (Å²) in [5.74, 6) is -1.70. The molecule has 34 heavy (non-hydrogen) atoms. The first kappa shape index (κ1) is 22.6. The highest BCUT2D eigenvalue weighted by Crippen LogP contribution is 2.39. The Bertz CT molecular complexity index is 1340. The third-order valence-electron chi connectivity index (χ3n) is 6.57. The van der Waals surface area contributed by atoms with Crippen LogP contribution in [-0.2, 0) is 17.6 Å². The number of carbonyl (C=O) groups excluding carboxylic acids is 1. The van der Waals surface area contributed by atoms with Gasteiger partial charge in [0.05, 0.1) is 17.3 Å². The van der Waals surface area contributed by atoms with Gasteiger partial charge in [0.1, 0.15) is 22.8 Å². The summed E-state index contributed by atoms with van der Waals surface area (Å²) in [5, 5.41) is 23.2. The topological polar surface area (TPSA) is 100 Å². The molecule has 8 nitrogen and oxygen atoms in total. The zero-order valence-electron chi connectivity index (χ0n) is 18.6. The number of hydrogen-bond donors (Lipinski definition) is 2. The molecule has 0 bridgehead atoms. The Morgan fingerprint density at radius 3 is 2.85 bits per heavy atom. The third kappa shape index (κ3) is 3.68. The number of nitrogens with one attached hydrogen (secondary N) is 1. The summed E-state index contributed by atoms with van der Waals surface area (Å²) in [6.07, 6.45) is 1.92. The number of fused-ring (bicyclic) bond motifs is 1. The lowest BCUT2D eigenvalue weighted by molar-refractivity contribution is -0.119. The normalized spacial score (nSPS) is 21.8. The number of carbonyl (C=O) groups is 1. The van der Waals surface area contributed by atoms with E-state index in [0.29, 0.717) is 35.1 Å². The molecular weight excluding hydrogens is 464 g/mol. The van der Waals surface area contributed by atoms with E-state index >= 15 is 0 Å². The molecule has 3 atom stereocenters. The summed E-state index contributed by atoms with van der Waals surface area (Å²) >= 11 is 1.14. The Labute approximate surface area is 197 Å². The van der Waals surface area contributed by atoms with Gasteiger partial charge in [-0.05, 0) is 38.3 Å². The summed E-state index contributed by atoms with van der Waals surface area (Å²) in [6.45, 7) is 4.27. The lowest BCUT2D eigenvalue weighted by atomic mass is 10.1. The molecule has 1 saturated heterocycles. The number of hydrogen-bond acceptors (Lipinski definition) is 7. The van der Waals surface area contributed by atoms with Crippen LogP contribution in [0.2, 0.25) is 0 Å². The lowest BCUT2D eigenvalue weighted by Gasteiger charge is -2.29. The quantitative estimate of drug-likeness (QED) is 0.537. The van der Waals surface area contributed by atoms with Gasteiger partial charge in [0.15, 0.2) is 10.8 Å². The molecule has 3 aromatic rings. The van der Waals surface area contributed by atoms with Gasteiger partial charge < -0.3 is 14.6 Å². The highest BCUT2D eigenvalue weighted by molar-refractivity contribution is 7.14. The second-order valence-corrected chi connectivity index (χ2v) is 9.85. The SMILES string of the molecule is Cc1c(O)c(=O)c(-c2nnc(Cc3ccc(F)cc3F)s2)c2n1C(C1NC(C)CN1C=O)CC2. The first-order valence-corrected chi connectivity index (χ1v) is 11.8. The van der Waals surface area contributed by atoms with E-state index in [1.807, 2.05) is 11.5 Å². The Morgan fingerprint density at radius 1 is 1.32 bits per heavy atom. The predicted molar refractivity (Wildman–Crippen MR) is 122 cm³/mol. The van der Waals surface area contributed by atoms with Crippen LogP contribution in [0.3, 0.4) is 0 Å². The molecule has 1 amide bonds. The number of aromatic nitrogens is 3. The van der Waals surface area contributed by atoms with Crippen molar-refractivity contribution in [3.8, 4) is 16.3 Å². The molecule has 1 fully saturated rings. The van der Waals surface area contributed by atoms with Gasteiger partial charge in [-0.15, -0.1) is 10.2 Å². The first-order chi connectivity index (χ1) is 16.3. The molecule has 11 heteroatoms. The monoisotopic (exact) mass is 487 g/mol. The molecule has 2 aromatic heterocycles. The van der Waals surface area contributed by atoms with Crippen molar-refractivity contribution in [1.82, 2.24) is 25.0 Å². The maximum Gasteiger partial charge on any atom is 0.233 e. The van der Waals surface area contributed by atoms with E-state index in [1.165, 1.54) is 12.1 Å². The van der Waals surface area contributed by atoms with Crippen LogP contribution < -0.4 is 10.7 Å². The lowest BCUT2D eigenvalue weighted by Crippen LogP contribution is -2.42. The molecule has 0 spiro atoms. The molecule has 4 heterocycles. The van der Waals surface area contributed by atoms with E-state index in [1.54, 1.807) is 11.8 Å². The van der Waals surface area contributed by atoms with Crippen molar-refractivity contribution in [3.05, 3.63) is 62.0 Å². The third-order valence-corrected chi connectivity index (χ3v) is 7.51. The molecule has 3 unspecified atom stereocenters. The standard InChI is InChI=1S/C23H23F2N5O3S/c1-11-9-29(10-31)22(26-11)17-6-5-16-19(21(33)20(32)12(2)30(16)17)23-28-27-18(34-23)7-13-3-4-14(24)8-15(13)25/h3-4,8,10-11,17,22,26,32H,5-7,9H2,1-2H3. The highest BCUT2D eigenvalue weighted by atomic mass is 32.1. The Kier molecular flexibility index (Phi) is 5.68. The summed E-state index contributed by atoms with van der Waals surface area (Å²) in [7, 11) is 0. The van der Waals surface area contributed by atoms with Crippen molar-refractivity contribution in [1.29, 1.82) is 0 Å². The molecule has 2 aliphatic heterocycles. The van der Waals surface area contributed by atoms with Crippen LogP contribution in [0.15, 0.2) is 23.0 Å². The van der Waals surface area contributed by atoms with Gasteiger partial charge in [-0.25, -0.2) is 8.78 Å². The zero-order valence-corrected chi connectivity index (χ0v) is 19.4. The van der Waals surface area contributed by atoms with Gasteiger partial charge >= 0.3 is 0 Å². The van der Waals surface area contributed by atoms with E-state index in [0.717, 1.165) is 29.5 Å². The van der Waals surface area contributed by atoms with Crippen LogP contribution in [0, 0.1) is 18.6 Å². The van der Waals surface area contributed by atoms with E-state index in [4.69, 9.17) is 0 Å². The van der Waals surface area contributed by atoms with Crippen LogP contribution >= 0.6 is 11.3 Å². The van der Waals surface area contributed by atoms with Crippen molar-refractivity contribution in [3.63, 3.8) is 0 Å². The van der Waals surface area contributed by atoms with Gasteiger partial charge in [-0.2, -0.15) is 0 Å². The van der Waals surface area contributed by atoms with Gasteiger partial charge in [0.25, 0.3) is 0 Å². The van der Waals surface area contributed by atoms with Crippen molar-refractivity contribution in [2.75, 3.05) is 6.54 Å². The molecule has 1 aromatic carbocycles. The molecule has 2 N–H and O–H groups in total. The van der Waals surface area contributed by atoms with Gasteiger partial charge in [-0.3, -0.25) is 14.9 Å². The second-order valence-electron chi connectivity index (χ2n) is 8.79. The maximum absolute atomic E-state index is 14.1. The first-order valence-electron chi connectivity index (χ1n) is 11.0. The fourth-order valence-electron chi connectivity index (χ4n) is 5.04. The smallest absolute Gasteiger partial charge is 0.233 e. The van der Waals surface area contributed by atoms with Crippen LogP contribution in [0.25, 0.3) is 10.6 Å². The number of nitrogens with zero attached hydrogens (tertiary/aromatic N) is 4. The molecule has 0 radical (unpaired) electrons. The van der Waals surface area contributed by atoms with Crippen LogP contribution in [0.4, 0.5) is 8.78 Å². The van der Waals surface area contributed by atoms with Gasteiger partial charge in [0, 0.05) is 30.8 Å². The zero-order chi connectivity index (χ0) is 24.1. The molecule has 0 aliphatic carbocycles. The highest BCUT2D eigenvalue weighted by Gasteiger charge is 2.40. The fourth-order valence-corrected chi connectivity index (χ4v) is 5.97. The van der Waals surface area contributed by atoms with Crippen molar-refractivity contribution in [2.24, 2.45) is 0 Å². The largest absolute Gasteiger partial charge is 0.503 e. The minimum Gasteiger partial charge on any atom is -0.503 e. The number of rotatable bonds is 5. The molecular formula is C23H23F2N5O3S. The predicted octanol–water partition coefficient (Wildman–Crippen LogP) is 2.51. The van der Waals surface area contributed by atoms with Crippen LogP contribution in [0.1, 0.15) is 41.3 Å². The molecule has 178 valence electrons. The second kappa shape index (κ2) is 8.55. The number of halogens is 2. The summed E-state index contributed by atoms with van der Waals surface area (Å²) in [5.41, 5.74) is 1.19. The summed E-state index contributed by atoms with van der Waals surface area (Å²) < 4.78 is 29.2. The number of amides is 1. The average Bonchev–Trinajstić information content (AvgIpc) is 3.53. The van der Waals surface area contributed by atoms with Crippen LogP contribution in [-0.4, -0.2) is 49.9 Å². The Morgan fingerprint density at radius 2 is 2.12 bits per heavy atom. The summed E-state index contributed by atoms with van der Waals surface area (Å²) in [6, 6.07) is 3.32. The summed E-state index contributed by atoms with van der Waals surface area (Å²) in [4.78, 5) is 26.4. The van der Waals surface area contributed by atoms with E-state index in [-0.39, 0.29) is 41.5 Å². The van der Waals surface area contributed by atoms with E-state index in [2.05, 4.69) is 15.5 Å². The molecule has 5 rings (SSSR count). The van der Waals surface area contributed by atoms with E-state index in [9.17, 15) is 23.5 Å². The maximum atomic E-state index is 14.1. The van der Waals surface area contributed by atoms with E-state index < -0.39 is 17.1 Å². The van der Waals surface area contributed by atoms with Crippen molar-refractivity contribution < 1.29 is 18.7 Å².